The van der Waals surface area contributed by atoms with Gasteiger partial charge in [-0.05, 0) is 41.0 Å². The van der Waals surface area contributed by atoms with E-state index in [9.17, 15) is 4.39 Å². The highest BCUT2D eigenvalue weighted by Gasteiger charge is 2.05. The second kappa shape index (κ2) is 4.19. The Labute approximate surface area is 87.0 Å². The number of aliphatic hydroxyl groups excluding tert-OH is 1. The number of halogens is 1. The first-order valence-electron chi connectivity index (χ1n) is 4.61. The van der Waals surface area contributed by atoms with E-state index >= 15 is 0 Å². The molecule has 0 amide bonds. The van der Waals surface area contributed by atoms with Crippen LogP contribution in [0.25, 0.3) is 11.1 Å². The molecule has 1 aromatic carbocycles. The van der Waals surface area contributed by atoms with Crippen molar-refractivity contribution in [3.05, 3.63) is 54.1 Å². The van der Waals surface area contributed by atoms with E-state index in [-0.39, 0.29) is 12.4 Å². The highest BCUT2D eigenvalue weighted by molar-refractivity contribution is 5.66. The Balaban J connectivity index is 2.56. The Hall–Kier alpha value is -1.74. The van der Waals surface area contributed by atoms with Crippen LogP contribution in [0.2, 0.25) is 0 Å². The zero-order valence-electron chi connectivity index (χ0n) is 8.02. The van der Waals surface area contributed by atoms with Crippen molar-refractivity contribution < 1.29 is 9.50 Å². The fourth-order valence-electron chi connectivity index (χ4n) is 1.49. The zero-order valence-corrected chi connectivity index (χ0v) is 8.02. The molecule has 0 saturated carbocycles. The van der Waals surface area contributed by atoms with Crippen LogP contribution < -0.4 is 0 Å². The van der Waals surface area contributed by atoms with Gasteiger partial charge < -0.3 is 5.11 Å². The van der Waals surface area contributed by atoms with Crippen LogP contribution in [0.15, 0.2) is 42.7 Å². The lowest BCUT2D eigenvalue weighted by Crippen LogP contribution is -1.90. The molecule has 0 bridgehead atoms. The summed E-state index contributed by atoms with van der Waals surface area (Å²) in [5.41, 5.74) is 2.27. The molecule has 0 radical (unpaired) electrons. The van der Waals surface area contributed by atoms with E-state index in [1.165, 1.54) is 12.1 Å². The van der Waals surface area contributed by atoms with Crippen LogP contribution in [0, 0.1) is 5.82 Å². The average Bonchev–Trinajstić information content (AvgIpc) is 2.30. The maximum absolute atomic E-state index is 13.1. The fourth-order valence-corrected chi connectivity index (χ4v) is 1.49. The summed E-state index contributed by atoms with van der Waals surface area (Å²) >= 11 is 0. The summed E-state index contributed by atoms with van der Waals surface area (Å²) in [7, 11) is 0. The van der Waals surface area contributed by atoms with Gasteiger partial charge in [0.05, 0.1) is 6.61 Å². The molecule has 0 fully saturated rings. The van der Waals surface area contributed by atoms with E-state index in [4.69, 9.17) is 5.11 Å². The predicted molar refractivity (Wildman–Crippen MR) is 55.6 cm³/mol. The molecule has 0 unspecified atom stereocenters. The van der Waals surface area contributed by atoms with E-state index in [0.717, 1.165) is 5.56 Å². The maximum atomic E-state index is 13.1. The quantitative estimate of drug-likeness (QED) is 0.812. The fraction of sp³-hybridized carbons (Fsp3) is 0.0833. The highest BCUT2D eigenvalue weighted by atomic mass is 19.1. The van der Waals surface area contributed by atoms with Crippen LogP contribution in [0.5, 0.6) is 0 Å². The lowest BCUT2D eigenvalue weighted by molar-refractivity contribution is 0.282. The van der Waals surface area contributed by atoms with Gasteiger partial charge in [0.15, 0.2) is 0 Å². The SMILES string of the molecule is OCc1ccc(F)cc1-c1ccncc1. The minimum absolute atomic E-state index is 0.0993. The molecule has 0 saturated heterocycles. The Morgan fingerprint density at radius 2 is 1.87 bits per heavy atom. The molecule has 2 nitrogen and oxygen atoms in total. The number of nitrogens with zero attached hydrogens (tertiary/aromatic N) is 1. The summed E-state index contributed by atoms with van der Waals surface area (Å²) in [5.74, 6) is -0.306. The van der Waals surface area contributed by atoms with Gasteiger partial charge in [0, 0.05) is 12.4 Å². The first-order valence-corrected chi connectivity index (χ1v) is 4.61. The Kier molecular flexibility index (Phi) is 2.74. The number of hydrogen-bond donors (Lipinski definition) is 1. The molecule has 76 valence electrons. The van der Waals surface area contributed by atoms with Gasteiger partial charge in [-0.25, -0.2) is 4.39 Å². The number of aliphatic hydroxyl groups is 1. The summed E-state index contributed by atoms with van der Waals surface area (Å²) < 4.78 is 13.1. The van der Waals surface area contributed by atoms with Gasteiger partial charge in [0.25, 0.3) is 0 Å². The molecule has 2 aromatic rings. The third kappa shape index (κ3) is 2.02. The van der Waals surface area contributed by atoms with E-state index in [0.29, 0.717) is 11.1 Å². The van der Waals surface area contributed by atoms with Crippen molar-refractivity contribution in [2.24, 2.45) is 0 Å². The van der Waals surface area contributed by atoms with Crippen LogP contribution >= 0.6 is 0 Å². The van der Waals surface area contributed by atoms with Crippen molar-refractivity contribution >= 4 is 0 Å². The highest BCUT2D eigenvalue weighted by Crippen LogP contribution is 2.24. The topological polar surface area (TPSA) is 33.1 Å². The summed E-state index contributed by atoms with van der Waals surface area (Å²) in [6, 6.07) is 7.92. The zero-order chi connectivity index (χ0) is 10.7. The monoisotopic (exact) mass is 203 g/mol. The molecule has 2 rings (SSSR count). The van der Waals surface area contributed by atoms with Gasteiger partial charge in [0.2, 0.25) is 0 Å². The molecule has 3 heteroatoms. The molecule has 0 aliphatic heterocycles. The van der Waals surface area contributed by atoms with Crippen molar-refractivity contribution in [1.82, 2.24) is 4.98 Å². The second-order valence-corrected chi connectivity index (χ2v) is 3.20. The average molecular weight is 203 g/mol. The van der Waals surface area contributed by atoms with Crippen LogP contribution in [0.3, 0.4) is 0 Å². The van der Waals surface area contributed by atoms with Crippen molar-refractivity contribution in [3.63, 3.8) is 0 Å². The normalized spacial score (nSPS) is 10.3. The summed E-state index contributed by atoms with van der Waals surface area (Å²) in [6.07, 6.45) is 3.28. The molecule has 1 aromatic heterocycles. The first-order chi connectivity index (χ1) is 7.31. The van der Waals surface area contributed by atoms with Crippen LogP contribution in [-0.4, -0.2) is 10.1 Å². The Bertz CT molecular complexity index is 456. The van der Waals surface area contributed by atoms with Crippen molar-refractivity contribution in [2.45, 2.75) is 6.61 Å². The minimum Gasteiger partial charge on any atom is -0.392 e. The number of rotatable bonds is 2. The molecule has 15 heavy (non-hydrogen) atoms. The molecule has 1 N–H and O–H groups in total. The molecule has 1 heterocycles. The van der Waals surface area contributed by atoms with E-state index < -0.39 is 0 Å². The molecule has 0 atom stereocenters. The first kappa shape index (κ1) is 9.80. The van der Waals surface area contributed by atoms with Crippen LogP contribution in [0.4, 0.5) is 4.39 Å². The largest absolute Gasteiger partial charge is 0.392 e. The molecule has 0 spiro atoms. The van der Waals surface area contributed by atoms with Crippen molar-refractivity contribution in [1.29, 1.82) is 0 Å². The van der Waals surface area contributed by atoms with Crippen molar-refractivity contribution in [3.8, 4) is 11.1 Å². The van der Waals surface area contributed by atoms with Gasteiger partial charge in [-0.3, -0.25) is 4.98 Å². The number of pyridine rings is 1. The standard InChI is InChI=1S/C12H10FNO/c13-11-2-1-10(8-15)12(7-11)9-3-5-14-6-4-9/h1-7,15H,8H2. The van der Waals surface area contributed by atoms with Crippen molar-refractivity contribution in [2.75, 3.05) is 0 Å². The van der Waals surface area contributed by atoms with E-state index in [1.54, 1.807) is 30.6 Å². The predicted octanol–water partition coefficient (Wildman–Crippen LogP) is 2.38. The summed E-state index contributed by atoms with van der Waals surface area (Å²) in [6.45, 7) is -0.0993. The number of benzene rings is 1. The Morgan fingerprint density at radius 3 is 2.53 bits per heavy atom. The van der Waals surface area contributed by atoms with E-state index in [2.05, 4.69) is 4.98 Å². The molecule has 0 aliphatic carbocycles. The van der Waals surface area contributed by atoms with Crippen LogP contribution in [0.1, 0.15) is 5.56 Å². The molecule has 0 aliphatic rings. The third-order valence-corrected chi connectivity index (χ3v) is 2.23. The molecular formula is C12H10FNO. The van der Waals surface area contributed by atoms with Gasteiger partial charge >= 0.3 is 0 Å². The van der Waals surface area contributed by atoms with Crippen LogP contribution in [-0.2, 0) is 6.61 Å². The lowest BCUT2D eigenvalue weighted by atomic mass is 10.0. The van der Waals surface area contributed by atoms with Gasteiger partial charge in [-0.2, -0.15) is 0 Å². The van der Waals surface area contributed by atoms with Gasteiger partial charge in [-0.1, -0.05) is 6.07 Å². The smallest absolute Gasteiger partial charge is 0.123 e. The van der Waals surface area contributed by atoms with Gasteiger partial charge in [0.1, 0.15) is 5.82 Å². The Morgan fingerprint density at radius 1 is 1.13 bits per heavy atom. The summed E-state index contributed by atoms with van der Waals surface area (Å²) in [4.78, 5) is 3.89. The number of hydrogen-bond acceptors (Lipinski definition) is 2. The number of aromatic nitrogens is 1. The minimum atomic E-state index is -0.306. The van der Waals surface area contributed by atoms with E-state index in [1.807, 2.05) is 0 Å². The van der Waals surface area contributed by atoms with Gasteiger partial charge in [-0.15, -0.1) is 0 Å². The second-order valence-electron chi connectivity index (χ2n) is 3.20. The summed E-state index contributed by atoms with van der Waals surface area (Å²) in [5, 5.41) is 9.13. The molecular weight excluding hydrogens is 193 g/mol. The lowest BCUT2D eigenvalue weighted by Gasteiger charge is -2.07. The third-order valence-electron chi connectivity index (χ3n) is 2.23. The maximum Gasteiger partial charge on any atom is 0.123 e.